The van der Waals surface area contributed by atoms with E-state index in [1.54, 1.807) is 22.2 Å². The van der Waals surface area contributed by atoms with Crippen LogP contribution in [0.15, 0.2) is 47.5 Å². The lowest BCUT2D eigenvalue weighted by Gasteiger charge is -2.04. The third-order valence-corrected chi connectivity index (χ3v) is 5.68. The van der Waals surface area contributed by atoms with E-state index in [2.05, 4.69) is 36.2 Å². The summed E-state index contributed by atoms with van der Waals surface area (Å²) in [5.41, 5.74) is 3.99. The number of hydrogen-bond donors (Lipinski definition) is 0. The fraction of sp³-hybridized carbons (Fsp3) is 0.211. The first-order chi connectivity index (χ1) is 11.7. The summed E-state index contributed by atoms with van der Waals surface area (Å²) in [6.07, 6.45) is 3.83. The molecule has 0 spiro atoms. The number of aryl methyl sites for hydroxylation is 1. The Morgan fingerprint density at radius 2 is 1.83 bits per heavy atom. The van der Waals surface area contributed by atoms with Gasteiger partial charge in [0, 0.05) is 11.6 Å². The number of fused-ring (bicyclic) bond motifs is 3. The van der Waals surface area contributed by atoms with Crippen LogP contribution < -0.4 is 5.56 Å². The molecule has 0 unspecified atom stereocenters. The van der Waals surface area contributed by atoms with Crippen LogP contribution in [0.5, 0.6) is 0 Å². The highest BCUT2D eigenvalue weighted by atomic mass is 32.1. The number of rotatable bonds is 2. The van der Waals surface area contributed by atoms with Gasteiger partial charge in [0.2, 0.25) is 0 Å². The first kappa shape index (κ1) is 13.9. The van der Waals surface area contributed by atoms with Crippen molar-refractivity contribution in [2.75, 3.05) is 0 Å². The molecule has 1 aliphatic carbocycles. The number of nitrogens with zero attached hydrogens (tertiary/aromatic N) is 3. The van der Waals surface area contributed by atoms with Crippen molar-refractivity contribution in [3.8, 4) is 10.6 Å². The van der Waals surface area contributed by atoms with Gasteiger partial charge in [0.05, 0.1) is 27.4 Å². The predicted octanol–water partition coefficient (Wildman–Crippen LogP) is 4.32. The van der Waals surface area contributed by atoms with Crippen molar-refractivity contribution in [3.05, 3.63) is 58.6 Å². The molecule has 0 bridgehead atoms. The molecule has 5 heteroatoms. The number of hydrogen-bond acceptors (Lipinski definition) is 4. The number of benzene rings is 2. The SMILES string of the molecule is Cc1ccc(-c2nc3ccc4ncn(C5CC5)c(=O)c4c3s2)cc1. The second-order valence-corrected chi connectivity index (χ2v) is 7.38. The molecule has 24 heavy (non-hydrogen) atoms. The Balaban J connectivity index is 1.79. The summed E-state index contributed by atoms with van der Waals surface area (Å²) in [4.78, 5) is 22.1. The molecule has 0 aliphatic heterocycles. The predicted molar refractivity (Wildman–Crippen MR) is 97.6 cm³/mol. The van der Waals surface area contributed by atoms with Crippen LogP contribution in [-0.4, -0.2) is 14.5 Å². The van der Waals surface area contributed by atoms with Crippen LogP contribution in [0.1, 0.15) is 24.4 Å². The van der Waals surface area contributed by atoms with Crippen LogP contribution in [0.2, 0.25) is 0 Å². The standard InChI is InChI=1S/C19H15N3OS/c1-11-2-4-12(5-3-11)18-21-15-9-8-14-16(17(15)24-18)19(23)22(10-20-14)13-6-7-13/h2-5,8-10,13H,6-7H2,1H3. The van der Waals surface area contributed by atoms with E-state index in [4.69, 9.17) is 4.98 Å². The zero-order valence-corrected chi connectivity index (χ0v) is 14.0. The van der Waals surface area contributed by atoms with Crippen LogP contribution in [0.3, 0.4) is 0 Å². The molecule has 0 N–H and O–H groups in total. The van der Waals surface area contributed by atoms with Gasteiger partial charge < -0.3 is 0 Å². The van der Waals surface area contributed by atoms with Gasteiger partial charge >= 0.3 is 0 Å². The summed E-state index contributed by atoms with van der Waals surface area (Å²) in [5.74, 6) is 0. The number of aromatic nitrogens is 3. The number of thiazole rings is 1. The Morgan fingerprint density at radius 1 is 1.08 bits per heavy atom. The van der Waals surface area contributed by atoms with Gasteiger partial charge in [0.1, 0.15) is 5.01 Å². The smallest absolute Gasteiger partial charge is 0.262 e. The van der Waals surface area contributed by atoms with Crippen LogP contribution in [0.4, 0.5) is 0 Å². The first-order valence-corrected chi connectivity index (χ1v) is 8.90. The Bertz CT molecular complexity index is 1140. The minimum Gasteiger partial charge on any atom is -0.296 e. The highest BCUT2D eigenvalue weighted by molar-refractivity contribution is 7.22. The molecule has 4 nitrogen and oxygen atoms in total. The molecule has 1 fully saturated rings. The fourth-order valence-corrected chi connectivity index (χ4v) is 4.14. The third kappa shape index (κ3) is 2.08. The first-order valence-electron chi connectivity index (χ1n) is 8.08. The molecule has 2 aromatic heterocycles. The molecular formula is C19H15N3OS. The second kappa shape index (κ2) is 4.98. The molecule has 1 aliphatic rings. The maximum atomic E-state index is 12.9. The van der Waals surface area contributed by atoms with Crippen molar-refractivity contribution < 1.29 is 0 Å². The van der Waals surface area contributed by atoms with Crippen molar-refractivity contribution in [1.82, 2.24) is 14.5 Å². The molecule has 0 saturated heterocycles. The summed E-state index contributed by atoms with van der Waals surface area (Å²) in [6.45, 7) is 2.07. The quantitative estimate of drug-likeness (QED) is 0.549. The van der Waals surface area contributed by atoms with Gasteiger partial charge in [-0.2, -0.15) is 0 Å². The van der Waals surface area contributed by atoms with Crippen LogP contribution in [-0.2, 0) is 0 Å². The fourth-order valence-electron chi connectivity index (χ4n) is 3.03. The van der Waals surface area contributed by atoms with E-state index in [0.717, 1.165) is 39.1 Å². The average molecular weight is 333 g/mol. The molecule has 0 amide bonds. The maximum absolute atomic E-state index is 12.9. The van der Waals surface area contributed by atoms with Gasteiger partial charge in [-0.15, -0.1) is 11.3 Å². The Labute approximate surface area is 142 Å². The summed E-state index contributed by atoms with van der Waals surface area (Å²) in [5, 5.41) is 1.65. The van der Waals surface area contributed by atoms with E-state index in [9.17, 15) is 4.79 Å². The van der Waals surface area contributed by atoms with Crippen molar-refractivity contribution in [2.45, 2.75) is 25.8 Å². The Morgan fingerprint density at radius 3 is 2.58 bits per heavy atom. The van der Waals surface area contributed by atoms with Gasteiger partial charge in [-0.25, -0.2) is 9.97 Å². The minimum atomic E-state index is 0.0622. The molecule has 2 heterocycles. The molecule has 118 valence electrons. The van der Waals surface area contributed by atoms with Gasteiger partial charge in [0.15, 0.2) is 0 Å². The van der Waals surface area contributed by atoms with Crippen LogP contribution >= 0.6 is 11.3 Å². The largest absolute Gasteiger partial charge is 0.296 e. The zero-order chi connectivity index (χ0) is 16.3. The monoisotopic (exact) mass is 333 g/mol. The summed E-state index contributed by atoms with van der Waals surface area (Å²) in [6, 6.07) is 12.5. The zero-order valence-electron chi connectivity index (χ0n) is 13.2. The van der Waals surface area contributed by atoms with E-state index >= 15 is 0 Å². The van der Waals surface area contributed by atoms with E-state index in [0.29, 0.717) is 11.4 Å². The van der Waals surface area contributed by atoms with E-state index < -0.39 is 0 Å². The summed E-state index contributed by atoms with van der Waals surface area (Å²) < 4.78 is 2.73. The topological polar surface area (TPSA) is 47.8 Å². The van der Waals surface area contributed by atoms with Crippen molar-refractivity contribution in [3.63, 3.8) is 0 Å². The molecular weight excluding hydrogens is 318 g/mol. The highest BCUT2D eigenvalue weighted by Gasteiger charge is 2.26. The molecule has 1 saturated carbocycles. The van der Waals surface area contributed by atoms with E-state index in [1.165, 1.54) is 5.56 Å². The molecule has 5 rings (SSSR count). The van der Waals surface area contributed by atoms with E-state index in [1.807, 2.05) is 12.1 Å². The Hall–Kier alpha value is -2.53. The molecule has 2 aromatic carbocycles. The molecule has 0 atom stereocenters. The summed E-state index contributed by atoms with van der Waals surface area (Å²) >= 11 is 1.58. The average Bonchev–Trinajstić information content (AvgIpc) is 3.33. The van der Waals surface area contributed by atoms with Crippen LogP contribution in [0.25, 0.3) is 31.7 Å². The molecule has 0 radical (unpaired) electrons. The normalized spacial score (nSPS) is 14.5. The maximum Gasteiger partial charge on any atom is 0.262 e. The van der Waals surface area contributed by atoms with Gasteiger partial charge in [-0.1, -0.05) is 29.8 Å². The Kier molecular flexibility index (Phi) is 2.88. The molecule has 4 aromatic rings. The minimum absolute atomic E-state index is 0.0622. The van der Waals surface area contributed by atoms with Crippen LogP contribution in [0, 0.1) is 6.92 Å². The second-order valence-electron chi connectivity index (χ2n) is 6.38. The highest BCUT2D eigenvalue weighted by Crippen LogP contribution is 2.36. The van der Waals surface area contributed by atoms with Crippen molar-refractivity contribution in [2.24, 2.45) is 0 Å². The lowest BCUT2D eigenvalue weighted by Crippen LogP contribution is -2.19. The lowest BCUT2D eigenvalue weighted by atomic mass is 10.2. The van der Waals surface area contributed by atoms with Crippen molar-refractivity contribution in [1.29, 1.82) is 0 Å². The van der Waals surface area contributed by atoms with Crippen molar-refractivity contribution >= 4 is 32.5 Å². The lowest BCUT2D eigenvalue weighted by molar-refractivity contribution is 0.699. The van der Waals surface area contributed by atoms with E-state index in [-0.39, 0.29) is 5.56 Å². The van der Waals surface area contributed by atoms with Gasteiger partial charge in [0.25, 0.3) is 5.56 Å². The van der Waals surface area contributed by atoms with Gasteiger partial charge in [-0.05, 0) is 31.9 Å². The third-order valence-electron chi connectivity index (χ3n) is 4.54. The van der Waals surface area contributed by atoms with Gasteiger partial charge in [-0.3, -0.25) is 9.36 Å². The summed E-state index contributed by atoms with van der Waals surface area (Å²) in [7, 11) is 0.